The molecule has 1 amide bonds. The molecule has 0 spiro atoms. The topological polar surface area (TPSA) is 109 Å². The summed E-state index contributed by atoms with van der Waals surface area (Å²) in [5, 5.41) is 23.5. The lowest BCUT2D eigenvalue weighted by Crippen LogP contribution is -2.10. The van der Waals surface area contributed by atoms with E-state index in [2.05, 4.69) is 20.6 Å². The number of amides is 1. The minimum Gasteiger partial charge on any atom is -0.497 e. The van der Waals surface area contributed by atoms with Gasteiger partial charge in [-0.25, -0.2) is 4.68 Å². The number of aromatic amines is 1. The van der Waals surface area contributed by atoms with E-state index < -0.39 is 0 Å². The second-order valence-electron chi connectivity index (χ2n) is 5.27. The summed E-state index contributed by atoms with van der Waals surface area (Å²) in [5.74, 6) is 0.849. The number of carbonyl (C=O) groups excluding carboxylic acids is 1. The largest absolute Gasteiger partial charge is 0.497 e. The van der Waals surface area contributed by atoms with Gasteiger partial charge in [0, 0.05) is 0 Å². The molecule has 8 heteroatoms. The van der Waals surface area contributed by atoms with Gasteiger partial charge < -0.3 is 10.1 Å². The summed E-state index contributed by atoms with van der Waals surface area (Å²) in [6.07, 6.45) is -0.211. The van der Waals surface area contributed by atoms with E-state index in [1.54, 1.807) is 11.8 Å². The van der Waals surface area contributed by atoms with Gasteiger partial charge in [-0.1, -0.05) is 12.1 Å². The molecule has 8 nitrogen and oxygen atoms in total. The number of methoxy groups -OCH3 is 1. The Morgan fingerprint density at radius 3 is 3.08 bits per heavy atom. The molecule has 0 saturated heterocycles. The Balaban J connectivity index is 1.91. The lowest BCUT2D eigenvalue weighted by atomic mass is 10.2. The molecule has 122 valence electrons. The quantitative estimate of drug-likeness (QED) is 0.746. The highest BCUT2D eigenvalue weighted by atomic mass is 16.5. The van der Waals surface area contributed by atoms with Crippen molar-refractivity contribution in [2.75, 3.05) is 12.4 Å². The van der Waals surface area contributed by atoms with Crippen LogP contribution in [0.3, 0.4) is 0 Å². The SMILES string of the molecule is COc1cccc(Cn2nc(C)c3c(NC(=O)CC#N)[nH]nc32)c1. The second kappa shape index (κ2) is 6.42. The third-order valence-corrected chi connectivity index (χ3v) is 3.59. The van der Waals surface area contributed by atoms with E-state index in [-0.39, 0.29) is 12.3 Å². The number of hydrogen-bond acceptors (Lipinski definition) is 5. The Morgan fingerprint density at radius 2 is 2.33 bits per heavy atom. The summed E-state index contributed by atoms with van der Waals surface area (Å²) >= 11 is 0. The minimum absolute atomic E-state index is 0.211. The van der Waals surface area contributed by atoms with Crippen LogP contribution in [0.25, 0.3) is 11.0 Å². The number of hydrogen-bond donors (Lipinski definition) is 2. The zero-order chi connectivity index (χ0) is 17.1. The van der Waals surface area contributed by atoms with Crippen molar-refractivity contribution >= 4 is 22.8 Å². The average molecular weight is 324 g/mol. The monoisotopic (exact) mass is 324 g/mol. The Labute approximate surface area is 138 Å². The highest BCUT2D eigenvalue weighted by Gasteiger charge is 2.17. The van der Waals surface area contributed by atoms with Crippen LogP contribution in [0.15, 0.2) is 24.3 Å². The third kappa shape index (κ3) is 2.92. The van der Waals surface area contributed by atoms with Crippen LogP contribution in [0.5, 0.6) is 5.75 Å². The molecule has 0 fully saturated rings. The van der Waals surface area contributed by atoms with Crippen molar-refractivity contribution in [3.63, 3.8) is 0 Å². The number of carbonyl (C=O) groups is 1. The van der Waals surface area contributed by atoms with Crippen LogP contribution in [0.2, 0.25) is 0 Å². The van der Waals surface area contributed by atoms with Crippen LogP contribution in [0.1, 0.15) is 17.7 Å². The maximum atomic E-state index is 11.6. The lowest BCUT2D eigenvalue weighted by molar-refractivity contribution is -0.115. The highest BCUT2D eigenvalue weighted by molar-refractivity contribution is 6.00. The first-order valence-corrected chi connectivity index (χ1v) is 7.33. The maximum absolute atomic E-state index is 11.6. The van der Waals surface area contributed by atoms with Gasteiger partial charge >= 0.3 is 0 Å². The molecule has 0 unspecified atom stereocenters. The normalized spacial score (nSPS) is 10.5. The van der Waals surface area contributed by atoms with Gasteiger partial charge in [-0.15, -0.1) is 0 Å². The van der Waals surface area contributed by atoms with Crippen molar-refractivity contribution in [1.29, 1.82) is 5.26 Å². The maximum Gasteiger partial charge on any atom is 0.239 e. The summed E-state index contributed by atoms with van der Waals surface area (Å²) in [7, 11) is 1.62. The van der Waals surface area contributed by atoms with Gasteiger partial charge in [-0.3, -0.25) is 9.89 Å². The minimum atomic E-state index is -0.386. The molecule has 0 aliphatic heterocycles. The number of aryl methyl sites for hydroxylation is 1. The van der Waals surface area contributed by atoms with Crippen LogP contribution in [0.4, 0.5) is 5.82 Å². The molecule has 0 aliphatic carbocycles. The molecule has 1 aromatic carbocycles. The Bertz CT molecular complexity index is 934. The molecular formula is C16H16N6O2. The van der Waals surface area contributed by atoms with Crippen molar-refractivity contribution in [3.8, 4) is 11.8 Å². The molecule has 0 aliphatic rings. The number of nitrogens with one attached hydrogen (secondary N) is 2. The molecule has 24 heavy (non-hydrogen) atoms. The van der Waals surface area contributed by atoms with Crippen LogP contribution in [0, 0.1) is 18.3 Å². The summed E-state index contributed by atoms with van der Waals surface area (Å²) < 4.78 is 6.99. The van der Waals surface area contributed by atoms with Crippen LogP contribution in [-0.4, -0.2) is 33.0 Å². The number of nitriles is 1. The van der Waals surface area contributed by atoms with Crippen molar-refractivity contribution in [3.05, 3.63) is 35.5 Å². The highest BCUT2D eigenvalue weighted by Crippen LogP contribution is 2.25. The summed E-state index contributed by atoms with van der Waals surface area (Å²) in [5.41, 5.74) is 2.41. The summed E-state index contributed by atoms with van der Waals surface area (Å²) in [6.45, 7) is 2.37. The lowest BCUT2D eigenvalue weighted by Gasteiger charge is -2.04. The number of aromatic nitrogens is 4. The van der Waals surface area contributed by atoms with Crippen LogP contribution in [-0.2, 0) is 11.3 Å². The number of rotatable bonds is 5. The zero-order valence-corrected chi connectivity index (χ0v) is 13.3. The van der Waals surface area contributed by atoms with Gasteiger partial charge in [-0.05, 0) is 24.6 Å². The number of anilines is 1. The molecule has 0 atom stereocenters. The molecule has 3 rings (SSSR count). The molecule has 2 heterocycles. The number of nitrogens with zero attached hydrogens (tertiary/aromatic N) is 4. The van der Waals surface area contributed by atoms with E-state index in [1.807, 2.05) is 37.3 Å². The van der Waals surface area contributed by atoms with E-state index in [4.69, 9.17) is 10.00 Å². The van der Waals surface area contributed by atoms with Gasteiger partial charge in [0.25, 0.3) is 0 Å². The standard InChI is InChI=1S/C16H16N6O2/c1-10-14-15(18-13(23)6-7-17)19-20-16(14)22(21-10)9-11-4-3-5-12(8-11)24-2/h3-5,8H,6,9H2,1-2H3,(H2,18,19,20,23). The molecular weight excluding hydrogens is 308 g/mol. The molecule has 0 radical (unpaired) electrons. The molecule has 0 bridgehead atoms. The molecule has 3 aromatic rings. The second-order valence-corrected chi connectivity index (χ2v) is 5.27. The fraction of sp³-hybridized carbons (Fsp3) is 0.250. The predicted molar refractivity (Wildman–Crippen MR) is 87.6 cm³/mol. The average Bonchev–Trinajstić information content (AvgIpc) is 3.10. The van der Waals surface area contributed by atoms with Gasteiger partial charge in [0.15, 0.2) is 5.65 Å². The first kappa shape index (κ1) is 15.6. The Hall–Kier alpha value is -3.34. The van der Waals surface area contributed by atoms with E-state index in [0.29, 0.717) is 18.0 Å². The van der Waals surface area contributed by atoms with Crippen molar-refractivity contribution in [2.24, 2.45) is 0 Å². The van der Waals surface area contributed by atoms with E-state index >= 15 is 0 Å². The van der Waals surface area contributed by atoms with Gasteiger partial charge in [-0.2, -0.15) is 15.5 Å². The number of ether oxygens (including phenoxy) is 1. The van der Waals surface area contributed by atoms with Crippen LogP contribution < -0.4 is 10.1 Å². The Kier molecular flexibility index (Phi) is 4.16. The summed E-state index contributed by atoms with van der Waals surface area (Å²) in [6, 6.07) is 9.52. The Morgan fingerprint density at radius 1 is 1.50 bits per heavy atom. The van der Waals surface area contributed by atoms with Crippen molar-refractivity contribution in [2.45, 2.75) is 19.9 Å². The van der Waals surface area contributed by atoms with Gasteiger partial charge in [0.2, 0.25) is 5.91 Å². The summed E-state index contributed by atoms with van der Waals surface area (Å²) in [4.78, 5) is 11.6. The first-order chi connectivity index (χ1) is 11.6. The van der Waals surface area contributed by atoms with Crippen molar-refractivity contribution in [1.82, 2.24) is 20.0 Å². The van der Waals surface area contributed by atoms with Crippen molar-refractivity contribution < 1.29 is 9.53 Å². The van der Waals surface area contributed by atoms with E-state index in [0.717, 1.165) is 22.4 Å². The fourth-order valence-corrected chi connectivity index (χ4v) is 2.54. The number of fused-ring (bicyclic) bond motifs is 1. The predicted octanol–water partition coefficient (Wildman–Crippen LogP) is 1.98. The molecule has 2 aromatic heterocycles. The number of benzene rings is 1. The molecule has 2 N–H and O–H groups in total. The smallest absolute Gasteiger partial charge is 0.239 e. The van der Waals surface area contributed by atoms with Gasteiger partial charge in [0.1, 0.15) is 18.0 Å². The van der Waals surface area contributed by atoms with Crippen LogP contribution >= 0.6 is 0 Å². The van der Waals surface area contributed by atoms with E-state index in [1.165, 1.54) is 0 Å². The fourth-order valence-electron chi connectivity index (χ4n) is 2.54. The number of H-pyrrole nitrogens is 1. The van der Waals surface area contributed by atoms with Gasteiger partial charge in [0.05, 0.1) is 30.8 Å². The molecule has 0 saturated carbocycles. The zero-order valence-electron chi connectivity index (χ0n) is 13.3. The van der Waals surface area contributed by atoms with E-state index in [9.17, 15) is 4.79 Å². The third-order valence-electron chi connectivity index (χ3n) is 3.59. The first-order valence-electron chi connectivity index (χ1n) is 7.33.